The van der Waals surface area contributed by atoms with Crippen LogP contribution in [0.25, 0.3) is 5.69 Å². The number of hydrogen-bond donors (Lipinski definition) is 1. The molecule has 1 aliphatic rings. The average molecular weight is 386 g/mol. The lowest BCUT2D eigenvalue weighted by molar-refractivity contribution is 0.102. The first kappa shape index (κ1) is 17.0. The third-order valence-electron chi connectivity index (χ3n) is 4.23. The quantitative estimate of drug-likeness (QED) is 0.744. The summed E-state index contributed by atoms with van der Waals surface area (Å²) >= 11 is 6.11. The maximum absolute atomic E-state index is 12.7. The van der Waals surface area contributed by atoms with Crippen molar-refractivity contribution >= 4 is 34.1 Å². The lowest BCUT2D eigenvalue weighted by atomic mass is 10.1. The molecule has 0 radical (unpaired) electrons. The third-order valence-corrected chi connectivity index (χ3v) is 5.68. The molecule has 5 nitrogen and oxygen atoms in total. The summed E-state index contributed by atoms with van der Waals surface area (Å²) in [5.41, 5.74) is 3.90. The normalized spacial score (nSPS) is 15.7. The molecule has 1 aliphatic heterocycles. The number of aryl methyl sites for hydroxylation is 1. The van der Waals surface area contributed by atoms with E-state index in [4.69, 9.17) is 11.6 Å². The van der Waals surface area contributed by atoms with Gasteiger partial charge in [-0.2, -0.15) is 5.10 Å². The molecule has 0 bridgehead atoms. The third kappa shape index (κ3) is 3.18. The van der Waals surface area contributed by atoms with Gasteiger partial charge in [-0.15, -0.1) is 0 Å². The van der Waals surface area contributed by atoms with Crippen molar-refractivity contribution < 1.29 is 9.00 Å². The number of benzene rings is 2. The molecule has 0 saturated carbocycles. The highest BCUT2D eigenvalue weighted by molar-refractivity contribution is 7.83. The Morgan fingerprint density at radius 2 is 2.00 bits per heavy atom. The molecule has 26 heavy (non-hydrogen) atoms. The highest BCUT2D eigenvalue weighted by Gasteiger charge is 2.28. The lowest BCUT2D eigenvalue weighted by Crippen LogP contribution is -2.16. The summed E-state index contributed by atoms with van der Waals surface area (Å²) in [7, 11) is -0.984. The molecule has 1 aromatic heterocycles. The van der Waals surface area contributed by atoms with E-state index in [9.17, 15) is 9.00 Å². The molecule has 0 aliphatic carbocycles. The van der Waals surface area contributed by atoms with E-state index < -0.39 is 10.8 Å². The van der Waals surface area contributed by atoms with Gasteiger partial charge < -0.3 is 5.32 Å². The van der Waals surface area contributed by atoms with Crippen molar-refractivity contribution in [3.05, 3.63) is 75.9 Å². The Morgan fingerprint density at radius 1 is 1.19 bits per heavy atom. The van der Waals surface area contributed by atoms with Gasteiger partial charge in [-0.05, 0) is 37.3 Å². The number of carbonyl (C=O) groups is 1. The molecule has 2 heterocycles. The number of rotatable bonds is 3. The maximum atomic E-state index is 12.7. The summed E-state index contributed by atoms with van der Waals surface area (Å²) in [5.74, 6) is 1.12. The molecule has 132 valence electrons. The van der Waals surface area contributed by atoms with Crippen LogP contribution >= 0.6 is 11.6 Å². The van der Waals surface area contributed by atoms with Crippen molar-refractivity contribution in [2.45, 2.75) is 18.4 Å². The molecule has 0 saturated heterocycles. The van der Waals surface area contributed by atoms with Gasteiger partial charge in [0.25, 0.3) is 5.91 Å². The molecule has 3 aromatic rings. The number of halogens is 1. The minimum atomic E-state index is -0.984. The predicted molar refractivity (Wildman–Crippen MR) is 103 cm³/mol. The van der Waals surface area contributed by atoms with Crippen molar-refractivity contribution in [3.63, 3.8) is 0 Å². The highest BCUT2D eigenvalue weighted by atomic mass is 35.5. The van der Waals surface area contributed by atoms with Gasteiger partial charge in [-0.1, -0.05) is 35.4 Å². The molecular formula is C19H16ClN3O2S. The largest absolute Gasteiger partial charge is 0.306 e. The van der Waals surface area contributed by atoms with Crippen LogP contribution in [0.3, 0.4) is 0 Å². The van der Waals surface area contributed by atoms with E-state index in [1.807, 2.05) is 37.3 Å². The fraction of sp³-hybridized carbons (Fsp3) is 0.158. The molecule has 1 unspecified atom stereocenters. The first-order chi connectivity index (χ1) is 12.5. The van der Waals surface area contributed by atoms with Crippen LogP contribution < -0.4 is 5.32 Å². The second kappa shape index (κ2) is 6.70. The summed E-state index contributed by atoms with van der Waals surface area (Å²) in [6.45, 7) is 1.94. The summed E-state index contributed by atoms with van der Waals surface area (Å²) in [6, 6.07) is 14.6. The van der Waals surface area contributed by atoms with E-state index in [0.717, 1.165) is 22.5 Å². The first-order valence-electron chi connectivity index (χ1n) is 8.11. The Morgan fingerprint density at radius 3 is 2.77 bits per heavy atom. The van der Waals surface area contributed by atoms with E-state index in [1.165, 1.54) is 0 Å². The smallest absolute Gasteiger partial charge is 0.256 e. The Balaban J connectivity index is 1.77. The van der Waals surface area contributed by atoms with Crippen LogP contribution in [-0.2, 0) is 22.3 Å². The van der Waals surface area contributed by atoms with Gasteiger partial charge >= 0.3 is 0 Å². The van der Waals surface area contributed by atoms with Crippen molar-refractivity contribution in [1.29, 1.82) is 0 Å². The molecule has 7 heteroatoms. The number of amides is 1. The Labute approximate surface area is 158 Å². The van der Waals surface area contributed by atoms with Gasteiger partial charge in [0, 0.05) is 26.9 Å². The Kier molecular flexibility index (Phi) is 4.38. The Hall–Kier alpha value is -2.44. The van der Waals surface area contributed by atoms with Gasteiger partial charge in [-0.3, -0.25) is 9.00 Å². The lowest BCUT2D eigenvalue weighted by Gasteiger charge is -2.11. The molecule has 4 rings (SSSR count). The van der Waals surface area contributed by atoms with Crippen molar-refractivity contribution in [3.8, 4) is 5.69 Å². The van der Waals surface area contributed by atoms with E-state index in [0.29, 0.717) is 27.9 Å². The number of carbonyl (C=O) groups excluding carboxylic acids is 1. The van der Waals surface area contributed by atoms with Crippen molar-refractivity contribution in [2.24, 2.45) is 0 Å². The van der Waals surface area contributed by atoms with Crippen LogP contribution in [0.5, 0.6) is 0 Å². The monoisotopic (exact) mass is 385 g/mol. The van der Waals surface area contributed by atoms with E-state index in [-0.39, 0.29) is 5.91 Å². The van der Waals surface area contributed by atoms with Gasteiger partial charge in [-0.25, -0.2) is 4.68 Å². The van der Waals surface area contributed by atoms with Crippen LogP contribution in [-0.4, -0.2) is 19.9 Å². The van der Waals surface area contributed by atoms with E-state index >= 15 is 0 Å². The molecule has 0 fully saturated rings. The molecule has 1 amide bonds. The van der Waals surface area contributed by atoms with Crippen LogP contribution in [0.1, 0.15) is 27.2 Å². The zero-order valence-electron chi connectivity index (χ0n) is 14.0. The minimum absolute atomic E-state index is 0.225. The molecule has 1 atom stereocenters. The summed E-state index contributed by atoms with van der Waals surface area (Å²) < 4.78 is 13.6. The second-order valence-corrected chi connectivity index (χ2v) is 8.11. The topological polar surface area (TPSA) is 64.0 Å². The SMILES string of the molecule is Cc1cccc(C(=O)Nc2c3c(nn2-c2cccc(Cl)c2)CS(=O)C3)c1. The number of nitrogens with one attached hydrogen (secondary N) is 1. The summed E-state index contributed by atoms with van der Waals surface area (Å²) in [5, 5.41) is 8.11. The van der Waals surface area contributed by atoms with E-state index in [1.54, 1.807) is 22.9 Å². The first-order valence-corrected chi connectivity index (χ1v) is 9.97. The number of aromatic nitrogens is 2. The van der Waals surface area contributed by atoms with Gasteiger partial charge in [0.05, 0.1) is 22.9 Å². The molecule has 1 N–H and O–H groups in total. The van der Waals surface area contributed by atoms with E-state index in [2.05, 4.69) is 10.4 Å². The van der Waals surface area contributed by atoms with Crippen LogP contribution in [0.4, 0.5) is 5.82 Å². The number of nitrogens with zero attached hydrogens (tertiary/aromatic N) is 2. The van der Waals surface area contributed by atoms with Gasteiger partial charge in [0.1, 0.15) is 5.82 Å². The fourth-order valence-corrected chi connectivity index (χ4v) is 4.47. The van der Waals surface area contributed by atoms with Crippen LogP contribution in [0, 0.1) is 6.92 Å². The van der Waals surface area contributed by atoms with Gasteiger partial charge in [0.15, 0.2) is 0 Å². The van der Waals surface area contributed by atoms with Gasteiger partial charge in [0.2, 0.25) is 0 Å². The van der Waals surface area contributed by atoms with Crippen molar-refractivity contribution in [1.82, 2.24) is 9.78 Å². The summed E-state index contributed by atoms with van der Waals surface area (Å²) in [4.78, 5) is 12.7. The predicted octanol–water partition coefficient (Wildman–Crippen LogP) is 3.85. The molecule has 2 aromatic carbocycles. The maximum Gasteiger partial charge on any atom is 0.256 e. The van der Waals surface area contributed by atoms with Crippen molar-refractivity contribution in [2.75, 3.05) is 5.32 Å². The minimum Gasteiger partial charge on any atom is -0.306 e. The highest BCUT2D eigenvalue weighted by Crippen LogP contribution is 2.32. The fourth-order valence-electron chi connectivity index (χ4n) is 3.02. The van der Waals surface area contributed by atoms with Crippen LogP contribution in [0.2, 0.25) is 5.02 Å². The average Bonchev–Trinajstić information content (AvgIpc) is 3.12. The number of anilines is 1. The standard InChI is InChI=1S/C19H16ClN3O2S/c1-12-4-2-5-13(8-12)19(24)21-18-16-10-26(25)11-17(16)22-23(18)15-7-3-6-14(20)9-15/h2-9H,10-11H2,1H3,(H,21,24). The molecular weight excluding hydrogens is 370 g/mol. The zero-order chi connectivity index (χ0) is 18.3. The van der Waals surface area contributed by atoms with Crippen LogP contribution in [0.15, 0.2) is 48.5 Å². The zero-order valence-corrected chi connectivity index (χ0v) is 15.6. The molecule has 0 spiro atoms. The summed E-state index contributed by atoms with van der Waals surface area (Å²) in [6.07, 6.45) is 0. The number of hydrogen-bond acceptors (Lipinski definition) is 3. The second-order valence-electron chi connectivity index (χ2n) is 6.22. The number of fused-ring (bicyclic) bond motifs is 1. The Bertz CT molecular complexity index is 1050.